The number of nitrogens with one attached hydrogen (secondary N) is 1. The third-order valence-electron chi connectivity index (χ3n) is 3.27. The molecule has 1 unspecified atom stereocenters. The third-order valence-corrected chi connectivity index (χ3v) is 3.27. The molecule has 2 nitrogen and oxygen atoms in total. The van der Waals surface area contributed by atoms with E-state index < -0.39 is 0 Å². The largest absolute Gasteiger partial charge is 0.362 e. The Balaban J connectivity index is 2.15. The average Bonchev–Trinajstić information content (AvgIpc) is 2.61. The van der Waals surface area contributed by atoms with Crippen molar-refractivity contribution in [3.63, 3.8) is 0 Å². The summed E-state index contributed by atoms with van der Waals surface area (Å²) in [5, 5.41) is 0. The van der Waals surface area contributed by atoms with Gasteiger partial charge >= 0.3 is 0 Å². The molecule has 0 fully saturated rings. The molecule has 1 atom stereocenters. The molecule has 1 aliphatic carbocycles. The summed E-state index contributed by atoms with van der Waals surface area (Å²) in [5.41, 5.74) is 10.00. The second-order valence-electron chi connectivity index (χ2n) is 4.41. The van der Waals surface area contributed by atoms with Crippen LogP contribution in [-0.4, -0.2) is 11.5 Å². The van der Waals surface area contributed by atoms with Gasteiger partial charge in [0, 0.05) is 11.4 Å². The molecule has 0 aromatic carbocycles. The van der Waals surface area contributed by atoms with Gasteiger partial charge in [-0.3, -0.25) is 0 Å². The number of aromatic nitrogens is 1. The lowest BCUT2D eigenvalue weighted by Crippen LogP contribution is -2.04. The van der Waals surface area contributed by atoms with Crippen LogP contribution in [0, 0.1) is 0 Å². The van der Waals surface area contributed by atoms with Crippen molar-refractivity contribution in [2.45, 2.75) is 44.9 Å². The predicted octanol–water partition coefficient (Wildman–Crippen LogP) is 2.35. The Bertz CT molecular complexity index is 278. The first kappa shape index (κ1) is 9.78. The maximum atomic E-state index is 5.58. The summed E-state index contributed by atoms with van der Waals surface area (Å²) < 4.78 is 0. The second kappa shape index (κ2) is 4.18. The Labute approximate surface area is 85.9 Å². The van der Waals surface area contributed by atoms with E-state index in [9.17, 15) is 0 Å². The smallest absolute Gasteiger partial charge is 0.0181 e. The summed E-state index contributed by atoms with van der Waals surface area (Å²) in [6, 6.07) is 2.36. The molecule has 1 aromatic heterocycles. The maximum Gasteiger partial charge on any atom is 0.0181 e. The van der Waals surface area contributed by atoms with Crippen LogP contribution in [0.4, 0.5) is 0 Å². The molecule has 0 amide bonds. The zero-order valence-corrected chi connectivity index (χ0v) is 8.97. The second-order valence-corrected chi connectivity index (χ2v) is 4.41. The van der Waals surface area contributed by atoms with Gasteiger partial charge in [-0.15, -0.1) is 0 Å². The van der Waals surface area contributed by atoms with Crippen molar-refractivity contribution in [1.82, 2.24) is 4.98 Å². The number of aryl methyl sites for hydroxylation is 2. The van der Waals surface area contributed by atoms with Gasteiger partial charge in [0.05, 0.1) is 0 Å². The van der Waals surface area contributed by atoms with E-state index in [0.29, 0.717) is 5.92 Å². The Morgan fingerprint density at radius 1 is 1.43 bits per heavy atom. The summed E-state index contributed by atoms with van der Waals surface area (Å²) in [6.45, 7) is 3.04. The van der Waals surface area contributed by atoms with E-state index in [0.717, 1.165) is 13.0 Å². The minimum Gasteiger partial charge on any atom is -0.362 e. The molecule has 0 saturated carbocycles. The number of aromatic amines is 1. The van der Waals surface area contributed by atoms with Crippen molar-refractivity contribution in [3.05, 3.63) is 23.0 Å². The average molecular weight is 192 g/mol. The molecule has 0 aliphatic heterocycles. The van der Waals surface area contributed by atoms with Crippen LogP contribution in [0.3, 0.4) is 0 Å². The Hall–Kier alpha value is -0.760. The summed E-state index contributed by atoms with van der Waals surface area (Å²) in [4.78, 5) is 3.56. The molecule has 14 heavy (non-hydrogen) atoms. The Morgan fingerprint density at radius 2 is 2.21 bits per heavy atom. The lowest BCUT2D eigenvalue weighted by molar-refractivity contribution is 0.660. The maximum absolute atomic E-state index is 5.58. The number of nitrogens with two attached hydrogens (primary N) is 1. The van der Waals surface area contributed by atoms with E-state index in [4.69, 9.17) is 5.73 Å². The van der Waals surface area contributed by atoms with Crippen molar-refractivity contribution in [2.24, 2.45) is 5.73 Å². The standard InChI is InChI=1S/C12H20N2/c1-9(6-7-13)12-8-10-4-2-3-5-11(10)14-12/h8-9,14H,2-7,13H2,1H3. The van der Waals surface area contributed by atoms with E-state index in [1.807, 2.05) is 0 Å². The van der Waals surface area contributed by atoms with Crippen molar-refractivity contribution in [1.29, 1.82) is 0 Å². The first-order chi connectivity index (χ1) is 6.81. The molecule has 78 valence electrons. The molecular weight excluding hydrogens is 172 g/mol. The molecule has 2 rings (SSSR count). The molecule has 0 bridgehead atoms. The van der Waals surface area contributed by atoms with Gasteiger partial charge in [0.2, 0.25) is 0 Å². The van der Waals surface area contributed by atoms with E-state index in [-0.39, 0.29) is 0 Å². The highest BCUT2D eigenvalue weighted by Gasteiger charge is 2.15. The fourth-order valence-corrected chi connectivity index (χ4v) is 2.30. The zero-order chi connectivity index (χ0) is 9.97. The van der Waals surface area contributed by atoms with E-state index >= 15 is 0 Å². The van der Waals surface area contributed by atoms with Crippen LogP contribution in [-0.2, 0) is 12.8 Å². The molecule has 3 N–H and O–H groups in total. The minimum atomic E-state index is 0.589. The van der Waals surface area contributed by atoms with Crippen LogP contribution in [0.1, 0.15) is 49.1 Å². The van der Waals surface area contributed by atoms with E-state index in [1.54, 1.807) is 5.56 Å². The number of H-pyrrole nitrogens is 1. The summed E-state index contributed by atoms with van der Waals surface area (Å²) in [7, 11) is 0. The first-order valence-corrected chi connectivity index (χ1v) is 5.72. The van der Waals surface area contributed by atoms with Gasteiger partial charge in [-0.05, 0) is 56.2 Å². The van der Waals surface area contributed by atoms with Crippen molar-refractivity contribution in [2.75, 3.05) is 6.54 Å². The summed E-state index contributed by atoms with van der Waals surface area (Å²) >= 11 is 0. The fourth-order valence-electron chi connectivity index (χ4n) is 2.30. The molecule has 2 heteroatoms. The van der Waals surface area contributed by atoms with Gasteiger partial charge in [0.25, 0.3) is 0 Å². The minimum absolute atomic E-state index is 0.589. The monoisotopic (exact) mass is 192 g/mol. The predicted molar refractivity (Wildman–Crippen MR) is 59.5 cm³/mol. The van der Waals surface area contributed by atoms with Crippen LogP contribution in [0.5, 0.6) is 0 Å². The lowest BCUT2D eigenvalue weighted by Gasteiger charge is -2.09. The van der Waals surface area contributed by atoms with Crippen LogP contribution < -0.4 is 5.73 Å². The van der Waals surface area contributed by atoms with Crippen LogP contribution >= 0.6 is 0 Å². The van der Waals surface area contributed by atoms with Gasteiger partial charge in [0.1, 0.15) is 0 Å². The highest BCUT2D eigenvalue weighted by Crippen LogP contribution is 2.26. The summed E-state index contributed by atoms with van der Waals surface area (Å²) in [5.74, 6) is 0.589. The van der Waals surface area contributed by atoms with Crippen molar-refractivity contribution >= 4 is 0 Å². The molecule has 1 aliphatic rings. The van der Waals surface area contributed by atoms with Crippen molar-refractivity contribution < 1.29 is 0 Å². The van der Waals surface area contributed by atoms with Gasteiger partial charge in [0.15, 0.2) is 0 Å². The highest BCUT2D eigenvalue weighted by molar-refractivity contribution is 5.29. The quantitative estimate of drug-likeness (QED) is 0.758. The number of hydrogen-bond donors (Lipinski definition) is 2. The van der Waals surface area contributed by atoms with Crippen LogP contribution in [0.2, 0.25) is 0 Å². The third kappa shape index (κ3) is 1.85. The van der Waals surface area contributed by atoms with Crippen molar-refractivity contribution in [3.8, 4) is 0 Å². The highest BCUT2D eigenvalue weighted by atomic mass is 14.7. The van der Waals surface area contributed by atoms with E-state index in [1.165, 1.54) is 37.1 Å². The normalized spacial score (nSPS) is 17.9. The first-order valence-electron chi connectivity index (χ1n) is 5.72. The molecule has 1 aromatic rings. The SMILES string of the molecule is CC(CCN)c1cc2c([nH]1)CCCC2. The molecular formula is C12H20N2. The van der Waals surface area contributed by atoms with Gasteiger partial charge in [-0.25, -0.2) is 0 Å². The number of hydrogen-bond acceptors (Lipinski definition) is 1. The Kier molecular flexibility index (Phi) is 2.92. The number of rotatable bonds is 3. The Morgan fingerprint density at radius 3 is 2.93 bits per heavy atom. The molecule has 1 heterocycles. The fraction of sp³-hybridized carbons (Fsp3) is 0.667. The zero-order valence-electron chi connectivity index (χ0n) is 8.97. The van der Waals surface area contributed by atoms with Gasteiger partial charge < -0.3 is 10.7 Å². The topological polar surface area (TPSA) is 41.8 Å². The number of fused-ring (bicyclic) bond motifs is 1. The summed E-state index contributed by atoms with van der Waals surface area (Å²) in [6.07, 6.45) is 6.29. The molecule has 0 saturated heterocycles. The molecule has 0 radical (unpaired) electrons. The van der Waals surface area contributed by atoms with Crippen LogP contribution in [0.15, 0.2) is 6.07 Å². The van der Waals surface area contributed by atoms with Gasteiger partial charge in [-0.1, -0.05) is 6.92 Å². The lowest BCUT2D eigenvalue weighted by atomic mass is 9.97. The van der Waals surface area contributed by atoms with Crippen LogP contribution in [0.25, 0.3) is 0 Å². The van der Waals surface area contributed by atoms with E-state index in [2.05, 4.69) is 18.0 Å². The van der Waals surface area contributed by atoms with Gasteiger partial charge in [-0.2, -0.15) is 0 Å². The molecule has 0 spiro atoms.